The fourth-order valence-electron chi connectivity index (χ4n) is 10.6. The number of rotatable bonds is 13. The Bertz CT molecular complexity index is 5490. The molecule has 25 nitrogen and oxygen atoms in total. The Labute approximate surface area is 560 Å². The van der Waals surface area contributed by atoms with Crippen molar-refractivity contribution < 1.29 is 45.6 Å². The molecule has 7 N–H and O–H groups in total. The highest BCUT2D eigenvalue weighted by Gasteiger charge is 2.25. The van der Waals surface area contributed by atoms with Crippen molar-refractivity contribution in [1.29, 1.82) is 0 Å². The summed E-state index contributed by atoms with van der Waals surface area (Å²) in [4.78, 5) is 34.5. The van der Waals surface area contributed by atoms with E-state index in [4.69, 9.17) is 80.9 Å². The van der Waals surface area contributed by atoms with Crippen LogP contribution in [0.1, 0.15) is 73.9 Å². The molecule has 97 heavy (non-hydrogen) atoms. The molecule has 0 spiro atoms. The summed E-state index contributed by atoms with van der Waals surface area (Å²) in [5.74, 6) is 7.44. The van der Waals surface area contributed by atoms with E-state index in [0.29, 0.717) is 149 Å². The first kappa shape index (κ1) is 63.5. The number of nitrogens with zero attached hydrogens (tertiary/aromatic N) is 12. The number of fused-ring (bicyclic) bond motifs is 4. The third-order valence-corrected chi connectivity index (χ3v) is 15.5. The first-order valence-corrected chi connectivity index (χ1v) is 30.8. The van der Waals surface area contributed by atoms with Crippen LogP contribution in [0, 0.1) is 34.6 Å². The largest absolute Gasteiger partial charge is 0.508 e. The van der Waals surface area contributed by atoms with E-state index in [0.717, 1.165) is 56.7 Å². The van der Waals surface area contributed by atoms with Crippen molar-refractivity contribution in [1.82, 2.24) is 60.5 Å². The second-order valence-electron chi connectivity index (χ2n) is 22.2. The van der Waals surface area contributed by atoms with Gasteiger partial charge in [0.25, 0.3) is 0 Å². The van der Waals surface area contributed by atoms with Gasteiger partial charge in [0.2, 0.25) is 40.2 Å². The van der Waals surface area contributed by atoms with E-state index in [1.54, 1.807) is 25.3 Å². The summed E-state index contributed by atoms with van der Waals surface area (Å²) >= 11 is 12.0. The Morgan fingerprint density at radius 2 is 0.773 bits per heavy atom. The average molecular weight is 1340 g/mol. The topological polar surface area (TPSA) is 367 Å². The molecule has 0 radical (unpaired) electrons. The number of aryl methyl sites for hydroxylation is 5. The summed E-state index contributed by atoms with van der Waals surface area (Å²) in [6.07, 6.45) is 2.01. The molecular formula is C70H57Cl2N15O10. The quantitative estimate of drug-likeness (QED) is 0.0833. The van der Waals surface area contributed by atoms with Crippen LogP contribution >= 0.6 is 23.2 Å². The lowest BCUT2D eigenvalue weighted by atomic mass is 10.1. The van der Waals surface area contributed by atoms with Crippen LogP contribution in [0.25, 0.3) is 90.2 Å². The molecule has 12 aromatic heterocycles. The number of phenols is 1. The molecule has 486 valence electrons. The molecule has 0 bridgehead atoms. The summed E-state index contributed by atoms with van der Waals surface area (Å²) in [5, 5.41) is 27.9. The van der Waals surface area contributed by atoms with Crippen LogP contribution in [0.15, 0.2) is 181 Å². The summed E-state index contributed by atoms with van der Waals surface area (Å²) in [5.41, 5.74) is 30.3. The molecule has 27 heteroatoms. The minimum atomic E-state index is 0.105. The van der Waals surface area contributed by atoms with E-state index in [9.17, 15) is 5.11 Å². The van der Waals surface area contributed by atoms with Gasteiger partial charge in [-0.05, 0) is 131 Å². The highest BCUT2D eigenvalue weighted by Crippen LogP contribution is 2.36. The minimum absolute atomic E-state index is 0.105. The maximum Gasteiger partial charge on any atom is 0.221 e. The molecule has 16 aromatic rings. The second-order valence-corrected chi connectivity index (χ2v) is 23.1. The third-order valence-electron chi connectivity index (χ3n) is 15.0. The highest BCUT2D eigenvalue weighted by molar-refractivity contribution is 6.30. The van der Waals surface area contributed by atoms with Gasteiger partial charge >= 0.3 is 0 Å². The standard InChI is InChI=1S/C18H14ClN3O2.C18H16N4O3.C17H13ClN4O2.C17H14N4O3/c1-10-6-7-15(23-10)17-18-16(20-11(2)21-17)14(22-24-18)9-12-4-3-5-13(19)8-12;1-10-7-8-14(24-10)16-17-15(20-18(19)21-16)12(22-25-17)9-11-5-3-4-6-13(11)23-2;1-9-2-7-13(23-9)15-16-14(20-17(19)21-15)12(22-24-16)8-10-3-5-11(18)6-4-10;1-9-6-7-13(23-9)15-16-14(19-17(18)20-15)11(21-24-16)8-10-4-2-3-5-12(10)22/h3-8H,9H2,1-2H3;3-8H,9H2,1-2H3,(H2,19,20,21);2-7H,8H2,1H3,(H2,19,20,21);2-7,22H,8H2,1H3,(H2,18,19,20). The number of benzene rings is 4. The first-order chi connectivity index (χ1) is 47.0. The normalized spacial score (nSPS) is 11.2. The molecule has 0 amide bonds. The third kappa shape index (κ3) is 14.0. The zero-order valence-electron chi connectivity index (χ0n) is 52.7. The smallest absolute Gasteiger partial charge is 0.221 e. The Hall–Kier alpha value is -12.2. The van der Waals surface area contributed by atoms with Gasteiger partial charge in [0.1, 0.15) is 85.2 Å². The van der Waals surface area contributed by atoms with Crippen LogP contribution in [0.5, 0.6) is 11.5 Å². The number of hydrogen-bond acceptors (Lipinski definition) is 25. The number of methoxy groups -OCH3 is 1. The molecule has 4 aromatic carbocycles. The van der Waals surface area contributed by atoms with E-state index >= 15 is 0 Å². The molecule has 0 unspecified atom stereocenters. The Balaban J connectivity index is 0.000000117. The number of aromatic hydroxyl groups is 1. The van der Waals surface area contributed by atoms with Gasteiger partial charge in [0, 0.05) is 46.9 Å². The molecule has 0 aliphatic heterocycles. The van der Waals surface area contributed by atoms with Crippen LogP contribution in [-0.4, -0.2) is 72.7 Å². The lowest BCUT2D eigenvalue weighted by Crippen LogP contribution is -1.99. The van der Waals surface area contributed by atoms with Crippen molar-refractivity contribution in [3.8, 4) is 57.3 Å². The van der Waals surface area contributed by atoms with Crippen LogP contribution in [0.3, 0.4) is 0 Å². The van der Waals surface area contributed by atoms with Gasteiger partial charge in [-0.15, -0.1) is 0 Å². The second kappa shape index (κ2) is 27.4. The Kier molecular flexibility index (Phi) is 17.9. The predicted molar refractivity (Wildman–Crippen MR) is 361 cm³/mol. The number of nitrogen functional groups attached to an aromatic ring is 3. The van der Waals surface area contributed by atoms with Crippen LogP contribution in [0.2, 0.25) is 10.0 Å². The van der Waals surface area contributed by atoms with Gasteiger partial charge < -0.3 is 62.8 Å². The summed E-state index contributed by atoms with van der Waals surface area (Å²) < 4.78 is 49.9. The number of para-hydroxylation sites is 2. The number of halogens is 2. The maximum absolute atomic E-state index is 9.94. The number of aromatic nitrogens is 12. The van der Waals surface area contributed by atoms with Gasteiger partial charge in [-0.25, -0.2) is 39.9 Å². The van der Waals surface area contributed by atoms with Gasteiger partial charge in [-0.2, -0.15) is 0 Å². The number of phenolic OH excluding ortho intramolecular Hbond substituents is 1. The van der Waals surface area contributed by atoms with Crippen LogP contribution in [-0.2, 0) is 25.7 Å². The van der Waals surface area contributed by atoms with Gasteiger partial charge in [-0.1, -0.05) is 104 Å². The zero-order valence-corrected chi connectivity index (χ0v) is 54.2. The molecule has 0 saturated carbocycles. The number of hydrogen-bond donors (Lipinski definition) is 4. The SMILES string of the molecule is COc1ccccc1Cc1noc2c(-c3ccc(C)o3)nc(N)nc12.Cc1ccc(-c2nc(N)nc3c(Cc4ccc(Cl)cc4)noc23)o1.Cc1ccc(-c2nc(N)nc3c(Cc4ccccc4O)noc23)o1.Cc1nc(-c2ccc(C)o2)c2onc(Cc3cccc(Cl)c3)c2n1. The van der Waals surface area contributed by atoms with Crippen molar-refractivity contribution in [2.45, 2.75) is 60.3 Å². The monoisotopic (exact) mass is 1340 g/mol. The predicted octanol–water partition coefficient (Wildman–Crippen LogP) is 15.2. The molecule has 0 saturated heterocycles. The van der Waals surface area contributed by atoms with Gasteiger partial charge in [0.15, 0.2) is 45.8 Å². The molecular weight excluding hydrogens is 1280 g/mol. The molecule has 0 fully saturated rings. The lowest BCUT2D eigenvalue weighted by Gasteiger charge is -2.06. The maximum atomic E-state index is 9.94. The van der Waals surface area contributed by atoms with Gasteiger partial charge in [-0.3, -0.25) is 0 Å². The zero-order chi connectivity index (χ0) is 67.4. The van der Waals surface area contributed by atoms with E-state index in [1.807, 2.05) is 162 Å². The van der Waals surface area contributed by atoms with E-state index in [2.05, 4.69) is 60.5 Å². The van der Waals surface area contributed by atoms with E-state index < -0.39 is 0 Å². The van der Waals surface area contributed by atoms with Crippen molar-refractivity contribution >= 4 is 85.4 Å². The number of nitrogens with two attached hydrogens (primary N) is 3. The summed E-state index contributed by atoms with van der Waals surface area (Å²) in [7, 11) is 1.64. The van der Waals surface area contributed by atoms with Crippen molar-refractivity contribution in [2.75, 3.05) is 24.3 Å². The van der Waals surface area contributed by atoms with Crippen molar-refractivity contribution in [3.63, 3.8) is 0 Å². The van der Waals surface area contributed by atoms with E-state index in [-0.39, 0.29) is 23.6 Å². The minimum Gasteiger partial charge on any atom is -0.508 e. The van der Waals surface area contributed by atoms with Crippen LogP contribution in [0.4, 0.5) is 17.8 Å². The van der Waals surface area contributed by atoms with Crippen molar-refractivity contribution in [2.24, 2.45) is 0 Å². The molecule has 0 aliphatic carbocycles. The fraction of sp³-hybridized carbons (Fsp3) is 0.143. The molecule has 16 rings (SSSR count). The van der Waals surface area contributed by atoms with Crippen molar-refractivity contribution in [3.05, 3.63) is 230 Å². The summed E-state index contributed by atoms with van der Waals surface area (Å²) in [6.45, 7) is 9.29. The molecule has 0 aliphatic rings. The average Bonchev–Trinajstić information content (AvgIpc) is 1.63. The fourth-order valence-corrected chi connectivity index (χ4v) is 10.9. The van der Waals surface area contributed by atoms with E-state index in [1.165, 1.54) is 0 Å². The van der Waals surface area contributed by atoms with Gasteiger partial charge in [0.05, 0.1) is 7.11 Å². The Morgan fingerprint density at radius 3 is 1.20 bits per heavy atom. The number of anilines is 3. The highest BCUT2D eigenvalue weighted by atomic mass is 35.5. The first-order valence-electron chi connectivity index (χ1n) is 30.0. The molecule has 12 heterocycles. The Morgan fingerprint density at radius 1 is 0.381 bits per heavy atom. The van der Waals surface area contributed by atoms with Crippen LogP contribution < -0.4 is 21.9 Å². The number of ether oxygens (including phenoxy) is 1. The summed E-state index contributed by atoms with van der Waals surface area (Å²) in [6, 6.07) is 44.7. The number of furan rings is 4. The lowest BCUT2D eigenvalue weighted by molar-refractivity contribution is 0.409. The molecule has 0 atom stereocenters.